The van der Waals surface area contributed by atoms with E-state index in [1.807, 2.05) is 4.90 Å². The Morgan fingerprint density at radius 2 is 2.39 bits per heavy atom. The molecule has 0 radical (unpaired) electrons. The molecule has 1 amide bonds. The molecule has 0 saturated carbocycles. The molecule has 1 atom stereocenters. The molecule has 1 aromatic heterocycles. The fourth-order valence-corrected chi connectivity index (χ4v) is 2.46. The summed E-state index contributed by atoms with van der Waals surface area (Å²) >= 11 is 5.86. The number of pyridine rings is 1. The molecule has 6 heteroatoms. The second-order valence-electron chi connectivity index (χ2n) is 4.71. The lowest BCUT2D eigenvalue weighted by molar-refractivity contribution is 0.0683. The summed E-state index contributed by atoms with van der Waals surface area (Å²) in [5.74, 6) is 6.23. The second-order valence-corrected chi connectivity index (χ2v) is 5.09. The highest BCUT2D eigenvalue weighted by Crippen LogP contribution is 2.20. The van der Waals surface area contributed by atoms with E-state index in [1.54, 1.807) is 12.1 Å². The number of nitrogen functional groups attached to an aromatic ring is 1. The first kappa shape index (κ1) is 13.1. The lowest BCUT2D eigenvalue weighted by atomic mass is 9.99. The first-order valence-electron chi connectivity index (χ1n) is 6.03. The molecule has 1 aliphatic heterocycles. The van der Waals surface area contributed by atoms with Crippen molar-refractivity contribution in [1.82, 2.24) is 9.88 Å². The Balaban J connectivity index is 2.19. The van der Waals surface area contributed by atoms with Crippen LogP contribution in [0.3, 0.4) is 0 Å². The Morgan fingerprint density at radius 1 is 1.61 bits per heavy atom. The summed E-state index contributed by atoms with van der Waals surface area (Å²) in [4.78, 5) is 18.2. The number of amides is 1. The summed E-state index contributed by atoms with van der Waals surface area (Å²) in [6, 6.07) is 3.19. The molecule has 3 N–H and O–H groups in total. The number of carbonyl (C=O) groups is 1. The number of hydrogen-bond donors (Lipinski definition) is 2. The predicted molar refractivity (Wildman–Crippen MR) is 71.4 cm³/mol. The number of piperidine rings is 1. The monoisotopic (exact) mass is 268 g/mol. The van der Waals surface area contributed by atoms with E-state index in [-0.39, 0.29) is 11.1 Å². The number of halogens is 1. The largest absolute Gasteiger partial charge is 0.338 e. The SMILES string of the molecule is CC1CCCN(C(=O)c2cc(Cl)nc(NN)c2)C1. The number of carbonyl (C=O) groups excluding carboxylic acids is 1. The number of hydrazine groups is 1. The van der Waals surface area contributed by atoms with Gasteiger partial charge < -0.3 is 10.3 Å². The van der Waals surface area contributed by atoms with E-state index in [2.05, 4.69) is 17.3 Å². The van der Waals surface area contributed by atoms with Gasteiger partial charge in [-0.3, -0.25) is 4.79 Å². The van der Waals surface area contributed by atoms with Crippen molar-refractivity contribution in [2.75, 3.05) is 18.5 Å². The average molecular weight is 269 g/mol. The molecular weight excluding hydrogens is 252 g/mol. The van der Waals surface area contributed by atoms with Gasteiger partial charge in [0.05, 0.1) is 0 Å². The quantitative estimate of drug-likeness (QED) is 0.488. The van der Waals surface area contributed by atoms with Gasteiger partial charge in [-0.15, -0.1) is 0 Å². The van der Waals surface area contributed by atoms with Crippen molar-refractivity contribution in [3.05, 3.63) is 22.8 Å². The van der Waals surface area contributed by atoms with E-state index >= 15 is 0 Å². The van der Waals surface area contributed by atoms with Gasteiger partial charge in [0.15, 0.2) is 0 Å². The summed E-state index contributed by atoms with van der Waals surface area (Å²) in [6.07, 6.45) is 2.23. The van der Waals surface area contributed by atoms with E-state index in [9.17, 15) is 4.79 Å². The molecular formula is C12H17ClN4O. The van der Waals surface area contributed by atoms with Gasteiger partial charge in [-0.05, 0) is 30.9 Å². The predicted octanol–water partition coefficient (Wildman–Crippen LogP) is 1.89. The molecule has 2 heterocycles. The summed E-state index contributed by atoms with van der Waals surface area (Å²) in [5.41, 5.74) is 2.93. The van der Waals surface area contributed by atoms with Crippen LogP contribution in [-0.4, -0.2) is 28.9 Å². The molecule has 0 aliphatic carbocycles. The van der Waals surface area contributed by atoms with Crippen LogP contribution in [0.2, 0.25) is 5.15 Å². The summed E-state index contributed by atoms with van der Waals surface area (Å²) in [6.45, 7) is 3.75. The van der Waals surface area contributed by atoms with E-state index in [0.717, 1.165) is 19.5 Å². The Hall–Kier alpha value is -1.33. The van der Waals surface area contributed by atoms with Crippen LogP contribution in [0, 0.1) is 5.92 Å². The normalized spacial score (nSPS) is 19.7. The molecule has 1 aliphatic rings. The van der Waals surface area contributed by atoms with E-state index in [1.165, 1.54) is 6.42 Å². The van der Waals surface area contributed by atoms with Gasteiger partial charge in [0.25, 0.3) is 5.91 Å². The standard InChI is InChI=1S/C12H17ClN4O/c1-8-3-2-4-17(7-8)12(18)9-5-10(13)15-11(6-9)16-14/h5-6,8H,2-4,7,14H2,1H3,(H,15,16). The first-order chi connectivity index (χ1) is 8.60. The number of anilines is 1. The lowest BCUT2D eigenvalue weighted by Gasteiger charge is -2.31. The van der Waals surface area contributed by atoms with Crippen molar-refractivity contribution < 1.29 is 4.79 Å². The van der Waals surface area contributed by atoms with E-state index < -0.39 is 0 Å². The zero-order chi connectivity index (χ0) is 13.1. The van der Waals surface area contributed by atoms with Crippen molar-refractivity contribution in [3.63, 3.8) is 0 Å². The third kappa shape index (κ3) is 2.91. The summed E-state index contributed by atoms with van der Waals surface area (Å²) in [7, 11) is 0. The van der Waals surface area contributed by atoms with Crippen LogP contribution >= 0.6 is 11.6 Å². The van der Waals surface area contributed by atoms with Crippen molar-refractivity contribution in [2.24, 2.45) is 11.8 Å². The number of likely N-dealkylation sites (tertiary alicyclic amines) is 1. The molecule has 5 nitrogen and oxygen atoms in total. The minimum absolute atomic E-state index is 0.0117. The van der Waals surface area contributed by atoms with E-state index in [0.29, 0.717) is 17.3 Å². The smallest absolute Gasteiger partial charge is 0.254 e. The van der Waals surface area contributed by atoms with Crippen LogP contribution in [0.4, 0.5) is 5.82 Å². The van der Waals surface area contributed by atoms with Crippen molar-refractivity contribution in [1.29, 1.82) is 0 Å². The van der Waals surface area contributed by atoms with Gasteiger partial charge in [-0.25, -0.2) is 10.8 Å². The highest BCUT2D eigenvalue weighted by molar-refractivity contribution is 6.29. The summed E-state index contributed by atoms with van der Waals surface area (Å²) < 4.78 is 0. The molecule has 1 unspecified atom stereocenters. The minimum Gasteiger partial charge on any atom is -0.338 e. The third-order valence-corrected chi connectivity index (χ3v) is 3.33. The van der Waals surface area contributed by atoms with Crippen LogP contribution in [0.1, 0.15) is 30.1 Å². The van der Waals surface area contributed by atoms with Gasteiger partial charge in [0, 0.05) is 18.7 Å². The highest BCUT2D eigenvalue weighted by Gasteiger charge is 2.22. The number of nitrogens with one attached hydrogen (secondary N) is 1. The molecule has 0 bridgehead atoms. The Bertz CT molecular complexity index is 452. The van der Waals surface area contributed by atoms with Gasteiger partial charge in [0.2, 0.25) is 0 Å². The zero-order valence-electron chi connectivity index (χ0n) is 10.3. The van der Waals surface area contributed by atoms with E-state index in [4.69, 9.17) is 17.4 Å². The zero-order valence-corrected chi connectivity index (χ0v) is 11.1. The van der Waals surface area contributed by atoms with Crippen LogP contribution < -0.4 is 11.3 Å². The third-order valence-electron chi connectivity index (χ3n) is 3.13. The molecule has 0 spiro atoms. The molecule has 1 saturated heterocycles. The Morgan fingerprint density at radius 3 is 3.06 bits per heavy atom. The topological polar surface area (TPSA) is 71.2 Å². The molecule has 18 heavy (non-hydrogen) atoms. The average Bonchev–Trinajstić information content (AvgIpc) is 2.37. The number of nitrogens with zero attached hydrogens (tertiary/aromatic N) is 2. The van der Waals surface area contributed by atoms with Crippen molar-refractivity contribution in [2.45, 2.75) is 19.8 Å². The van der Waals surface area contributed by atoms with Crippen molar-refractivity contribution in [3.8, 4) is 0 Å². The summed E-state index contributed by atoms with van der Waals surface area (Å²) in [5, 5.41) is 0.263. The van der Waals surface area contributed by atoms with Crippen LogP contribution in [-0.2, 0) is 0 Å². The maximum Gasteiger partial charge on any atom is 0.254 e. The highest BCUT2D eigenvalue weighted by atomic mass is 35.5. The number of rotatable bonds is 2. The molecule has 0 aromatic carbocycles. The molecule has 2 rings (SSSR count). The Labute approximate surface area is 111 Å². The fourth-order valence-electron chi connectivity index (χ4n) is 2.25. The lowest BCUT2D eigenvalue weighted by Crippen LogP contribution is -2.39. The van der Waals surface area contributed by atoms with Gasteiger partial charge in [0.1, 0.15) is 11.0 Å². The first-order valence-corrected chi connectivity index (χ1v) is 6.41. The molecule has 1 fully saturated rings. The maximum absolute atomic E-state index is 12.3. The second kappa shape index (κ2) is 5.54. The molecule has 98 valence electrons. The number of nitrogens with two attached hydrogens (primary N) is 1. The molecule has 1 aromatic rings. The number of hydrogen-bond acceptors (Lipinski definition) is 4. The van der Waals surface area contributed by atoms with Crippen LogP contribution in [0.15, 0.2) is 12.1 Å². The van der Waals surface area contributed by atoms with Crippen molar-refractivity contribution >= 4 is 23.3 Å². The van der Waals surface area contributed by atoms with Crippen LogP contribution in [0.25, 0.3) is 0 Å². The van der Waals surface area contributed by atoms with Crippen LogP contribution in [0.5, 0.6) is 0 Å². The maximum atomic E-state index is 12.3. The number of aromatic nitrogens is 1. The van der Waals surface area contributed by atoms with Gasteiger partial charge in [-0.2, -0.15) is 0 Å². The Kier molecular flexibility index (Phi) is 4.04. The fraction of sp³-hybridized carbons (Fsp3) is 0.500. The van der Waals surface area contributed by atoms with Gasteiger partial charge >= 0.3 is 0 Å². The van der Waals surface area contributed by atoms with Gasteiger partial charge in [-0.1, -0.05) is 18.5 Å². The minimum atomic E-state index is -0.0117.